The Hall–Kier alpha value is -0.890. The van der Waals surface area contributed by atoms with Crippen LogP contribution in [-0.2, 0) is 6.42 Å². The third-order valence-corrected chi connectivity index (χ3v) is 5.07. The number of halogens is 1. The Morgan fingerprint density at radius 3 is 2.10 bits per heavy atom. The molecule has 2 heteroatoms. The first-order valence-corrected chi connectivity index (χ1v) is 8.02. The van der Waals surface area contributed by atoms with Gasteiger partial charge in [0, 0.05) is 6.04 Å². The maximum Gasteiger partial charge on any atom is 0.123 e. The van der Waals surface area contributed by atoms with E-state index in [0.29, 0.717) is 6.04 Å². The Labute approximate surface area is 123 Å². The van der Waals surface area contributed by atoms with E-state index in [2.05, 4.69) is 26.2 Å². The Kier molecular flexibility index (Phi) is 5.59. The molecule has 0 spiro atoms. The van der Waals surface area contributed by atoms with E-state index in [-0.39, 0.29) is 5.82 Å². The Bertz CT molecular complexity index is 390. The molecule has 1 aromatic carbocycles. The Morgan fingerprint density at radius 1 is 1.05 bits per heavy atom. The first-order chi connectivity index (χ1) is 9.60. The second-order valence-corrected chi connectivity index (χ2v) is 6.64. The lowest BCUT2D eigenvalue weighted by molar-refractivity contribution is 0.191. The molecule has 1 saturated carbocycles. The minimum Gasteiger partial charge on any atom is -0.316 e. The van der Waals surface area contributed by atoms with Gasteiger partial charge in [-0.1, -0.05) is 26.0 Å². The van der Waals surface area contributed by atoms with E-state index in [9.17, 15) is 4.39 Å². The number of nitrogens with one attached hydrogen (secondary N) is 1. The van der Waals surface area contributed by atoms with Crippen molar-refractivity contribution in [2.24, 2.45) is 17.8 Å². The summed E-state index contributed by atoms with van der Waals surface area (Å²) in [5.74, 6) is 2.35. The molecule has 1 atom stereocenters. The van der Waals surface area contributed by atoms with Crippen molar-refractivity contribution in [2.45, 2.75) is 52.0 Å². The quantitative estimate of drug-likeness (QED) is 0.840. The largest absolute Gasteiger partial charge is 0.316 e. The molecule has 0 aliphatic heterocycles. The normalized spacial score (nSPS) is 24.9. The van der Waals surface area contributed by atoms with Crippen LogP contribution in [0.25, 0.3) is 0 Å². The van der Waals surface area contributed by atoms with Gasteiger partial charge >= 0.3 is 0 Å². The van der Waals surface area contributed by atoms with Crippen molar-refractivity contribution in [2.75, 3.05) is 7.05 Å². The Morgan fingerprint density at radius 2 is 1.60 bits per heavy atom. The number of benzene rings is 1. The molecule has 1 nitrogen and oxygen atoms in total. The first-order valence-electron chi connectivity index (χ1n) is 8.02. The molecular weight excluding hydrogens is 249 g/mol. The smallest absolute Gasteiger partial charge is 0.123 e. The lowest BCUT2D eigenvalue weighted by Crippen LogP contribution is -2.38. The molecule has 2 rings (SSSR count). The van der Waals surface area contributed by atoms with Gasteiger partial charge in [-0.2, -0.15) is 0 Å². The van der Waals surface area contributed by atoms with Crippen LogP contribution in [0.15, 0.2) is 24.3 Å². The van der Waals surface area contributed by atoms with Gasteiger partial charge < -0.3 is 5.32 Å². The van der Waals surface area contributed by atoms with Crippen molar-refractivity contribution >= 4 is 0 Å². The van der Waals surface area contributed by atoms with Crippen LogP contribution in [0.5, 0.6) is 0 Å². The molecule has 1 fully saturated rings. The van der Waals surface area contributed by atoms with Gasteiger partial charge in [0.25, 0.3) is 0 Å². The average Bonchev–Trinajstić information content (AvgIpc) is 2.47. The summed E-state index contributed by atoms with van der Waals surface area (Å²) in [6.07, 6.45) is 6.40. The van der Waals surface area contributed by atoms with Gasteiger partial charge in [-0.25, -0.2) is 4.39 Å². The molecule has 1 N–H and O–H groups in total. The molecule has 0 heterocycles. The average molecular weight is 277 g/mol. The van der Waals surface area contributed by atoms with Gasteiger partial charge in [-0.05, 0) is 74.6 Å². The van der Waals surface area contributed by atoms with Gasteiger partial charge in [-0.3, -0.25) is 0 Å². The minimum absolute atomic E-state index is 0.146. The van der Waals surface area contributed by atoms with Crippen molar-refractivity contribution < 1.29 is 4.39 Å². The standard InChI is InChI=1S/C18H28FN/c1-13(2)15-6-8-16(9-7-15)18(20-3)12-14-4-10-17(19)11-5-14/h4-5,10-11,13,15-16,18,20H,6-9,12H2,1-3H3. The van der Waals surface area contributed by atoms with Crippen molar-refractivity contribution in [1.82, 2.24) is 5.32 Å². The highest BCUT2D eigenvalue weighted by Gasteiger charge is 2.28. The number of rotatable bonds is 5. The van der Waals surface area contributed by atoms with Gasteiger partial charge in [0.1, 0.15) is 5.82 Å². The van der Waals surface area contributed by atoms with Crippen LogP contribution in [0.4, 0.5) is 4.39 Å². The summed E-state index contributed by atoms with van der Waals surface area (Å²) in [5, 5.41) is 3.49. The molecule has 1 aliphatic carbocycles. The molecule has 1 aliphatic rings. The Balaban J connectivity index is 1.91. The van der Waals surface area contributed by atoms with E-state index < -0.39 is 0 Å². The maximum atomic E-state index is 13.0. The van der Waals surface area contributed by atoms with E-state index >= 15 is 0 Å². The highest BCUT2D eigenvalue weighted by Crippen LogP contribution is 2.35. The molecule has 0 amide bonds. The second-order valence-electron chi connectivity index (χ2n) is 6.64. The number of hydrogen-bond acceptors (Lipinski definition) is 1. The van der Waals surface area contributed by atoms with Crippen molar-refractivity contribution in [3.63, 3.8) is 0 Å². The molecule has 1 aromatic rings. The van der Waals surface area contributed by atoms with Gasteiger partial charge in [0.05, 0.1) is 0 Å². The molecule has 0 aromatic heterocycles. The van der Waals surface area contributed by atoms with Crippen LogP contribution in [0.2, 0.25) is 0 Å². The van der Waals surface area contributed by atoms with Gasteiger partial charge in [0.15, 0.2) is 0 Å². The third-order valence-electron chi connectivity index (χ3n) is 5.07. The van der Waals surface area contributed by atoms with Gasteiger partial charge in [0.2, 0.25) is 0 Å². The summed E-state index contributed by atoms with van der Waals surface area (Å²) in [6, 6.07) is 7.49. The lowest BCUT2D eigenvalue weighted by atomic mass is 9.73. The van der Waals surface area contributed by atoms with E-state index in [1.165, 1.54) is 31.2 Å². The van der Waals surface area contributed by atoms with E-state index in [4.69, 9.17) is 0 Å². The summed E-state index contributed by atoms with van der Waals surface area (Å²) in [5.41, 5.74) is 1.23. The zero-order chi connectivity index (χ0) is 14.5. The van der Waals surface area contributed by atoms with Crippen LogP contribution in [0.3, 0.4) is 0 Å². The molecule has 0 saturated heterocycles. The zero-order valence-electron chi connectivity index (χ0n) is 13.0. The van der Waals surface area contributed by atoms with Crippen molar-refractivity contribution in [3.05, 3.63) is 35.6 Å². The summed E-state index contributed by atoms with van der Waals surface area (Å²) >= 11 is 0. The zero-order valence-corrected chi connectivity index (χ0v) is 13.0. The predicted octanol–water partition coefficient (Wildman–Crippen LogP) is 4.42. The summed E-state index contributed by atoms with van der Waals surface area (Å²) in [6.45, 7) is 4.69. The fourth-order valence-corrected chi connectivity index (χ4v) is 3.59. The lowest BCUT2D eigenvalue weighted by Gasteiger charge is -2.35. The van der Waals surface area contributed by atoms with Crippen LogP contribution >= 0.6 is 0 Å². The topological polar surface area (TPSA) is 12.0 Å². The van der Waals surface area contributed by atoms with Crippen LogP contribution in [0.1, 0.15) is 45.1 Å². The SMILES string of the molecule is CNC(Cc1ccc(F)cc1)C1CCC(C(C)C)CC1. The molecule has 0 radical (unpaired) electrons. The van der Waals surface area contributed by atoms with Crippen molar-refractivity contribution in [1.29, 1.82) is 0 Å². The molecule has 20 heavy (non-hydrogen) atoms. The number of hydrogen-bond donors (Lipinski definition) is 1. The molecule has 1 unspecified atom stereocenters. The monoisotopic (exact) mass is 277 g/mol. The predicted molar refractivity (Wildman–Crippen MR) is 83.2 cm³/mol. The van der Waals surface area contributed by atoms with Crippen LogP contribution < -0.4 is 5.32 Å². The number of likely N-dealkylation sites (N-methyl/N-ethyl adjacent to an activating group) is 1. The minimum atomic E-state index is -0.146. The summed E-state index contributed by atoms with van der Waals surface area (Å²) < 4.78 is 13.0. The van der Waals surface area contributed by atoms with Gasteiger partial charge in [-0.15, -0.1) is 0 Å². The van der Waals surface area contributed by atoms with Crippen LogP contribution in [0, 0.1) is 23.6 Å². The second kappa shape index (κ2) is 7.21. The van der Waals surface area contributed by atoms with Crippen LogP contribution in [-0.4, -0.2) is 13.1 Å². The highest BCUT2D eigenvalue weighted by atomic mass is 19.1. The maximum absolute atomic E-state index is 13.0. The molecule has 112 valence electrons. The molecular formula is C18H28FN. The van der Waals surface area contributed by atoms with E-state index in [1.54, 1.807) is 12.1 Å². The third kappa shape index (κ3) is 4.05. The van der Waals surface area contributed by atoms with E-state index in [1.807, 2.05) is 12.1 Å². The fraction of sp³-hybridized carbons (Fsp3) is 0.667. The fourth-order valence-electron chi connectivity index (χ4n) is 3.59. The molecule has 0 bridgehead atoms. The summed E-state index contributed by atoms with van der Waals surface area (Å²) in [4.78, 5) is 0. The highest BCUT2D eigenvalue weighted by molar-refractivity contribution is 5.17. The van der Waals surface area contributed by atoms with E-state index in [0.717, 1.165) is 24.2 Å². The summed E-state index contributed by atoms with van der Waals surface area (Å²) in [7, 11) is 2.06. The van der Waals surface area contributed by atoms with Crippen molar-refractivity contribution in [3.8, 4) is 0 Å². The first kappa shape index (κ1) is 15.5.